The molecule has 0 spiro atoms. The first-order valence-electron chi connectivity index (χ1n) is 26.6. The van der Waals surface area contributed by atoms with E-state index >= 15 is 0 Å². The number of aliphatic hydroxyl groups is 2. The van der Waals surface area contributed by atoms with Gasteiger partial charge in [-0.25, -0.2) is 0 Å². The first-order chi connectivity index (χ1) is 31.2. The van der Waals surface area contributed by atoms with Crippen LogP contribution in [0.15, 0.2) is 109 Å². The third kappa shape index (κ3) is 49.9. The molecule has 0 fully saturated rings. The summed E-state index contributed by atoms with van der Waals surface area (Å²) in [6.45, 7) is 4.17. The number of aliphatic hydroxyl groups excluding tert-OH is 2. The minimum absolute atomic E-state index is 0.0778. The van der Waals surface area contributed by atoms with Gasteiger partial charge in [0.25, 0.3) is 0 Å². The molecule has 0 aliphatic rings. The Morgan fingerprint density at radius 2 is 0.714 bits per heavy atom. The molecule has 0 heterocycles. The Labute approximate surface area is 391 Å². The molecule has 0 radical (unpaired) electrons. The zero-order valence-electron chi connectivity index (χ0n) is 41.3. The summed E-state index contributed by atoms with van der Waals surface area (Å²) in [4.78, 5) is 12.4. The molecule has 4 nitrogen and oxygen atoms in total. The van der Waals surface area contributed by atoms with E-state index in [4.69, 9.17) is 0 Å². The minimum Gasteiger partial charge on any atom is -0.394 e. The van der Waals surface area contributed by atoms with E-state index in [9.17, 15) is 15.0 Å². The van der Waals surface area contributed by atoms with Gasteiger partial charge in [0.1, 0.15) is 0 Å². The summed E-state index contributed by atoms with van der Waals surface area (Å²) in [5, 5.41) is 23.0. The van der Waals surface area contributed by atoms with Crippen LogP contribution in [0.4, 0.5) is 0 Å². The Morgan fingerprint density at radius 3 is 1.11 bits per heavy atom. The molecule has 0 bridgehead atoms. The van der Waals surface area contributed by atoms with Crippen molar-refractivity contribution in [3.8, 4) is 0 Å². The van der Waals surface area contributed by atoms with Crippen molar-refractivity contribution in [1.82, 2.24) is 5.32 Å². The molecule has 63 heavy (non-hydrogen) atoms. The van der Waals surface area contributed by atoms with Crippen LogP contribution in [0.25, 0.3) is 0 Å². The van der Waals surface area contributed by atoms with Crippen molar-refractivity contribution >= 4 is 5.91 Å². The third-order valence-electron chi connectivity index (χ3n) is 11.5. The van der Waals surface area contributed by atoms with Gasteiger partial charge in [0, 0.05) is 6.42 Å². The number of hydrogen-bond donors (Lipinski definition) is 3. The molecule has 2 unspecified atom stereocenters. The second-order valence-electron chi connectivity index (χ2n) is 17.6. The van der Waals surface area contributed by atoms with Gasteiger partial charge in [0.05, 0.1) is 18.8 Å². The largest absolute Gasteiger partial charge is 0.394 e. The lowest BCUT2D eigenvalue weighted by molar-refractivity contribution is -0.123. The zero-order chi connectivity index (χ0) is 45.6. The van der Waals surface area contributed by atoms with E-state index in [2.05, 4.69) is 116 Å². The number of rotatable bonds is 47. The molecule has 0 saturated heterocycles. The van der Waals surface area contributed by atoms with Gasteiger partial charge in [-0.2, -0.15) is 0 Å². The van der Waals surface area contributed by atoms with Crippen molar-refractivity contribution in [2.24, 2.45) is 0 Å². The van der Waals surface area contributed by atoms with Crippen LogP contribution < -0.4 is 5.32 Å². The highest BCUT2D eigenvalue weighted by Crippen LogP contribution is 2.15. The van der Waals surface area contributed by atoms with E-state index in [-0.39, 0.29) is 12.5 Å². The predicted molar refractivity (Wildman–Crippen MR) is 280 cm³/mol. The maximum absolute atomic E-state index is 12.4. The molecule has 3 N–H and O–H groups in total. The number of allylic oxidation sites excluding steroid dienone is 17. The molecule has 2 atom stereocenters. The minimum atomic E-state index is -0.866. The van der Waals surface area contributed by atoms with Crippen molar-refractivity contribution in [2.75, 3.05) is 6.61 Å². The first kappa shape index (κ1) is 60.1. The molecule has 0 aliphatic carbocycles. The lowest BCUT2D eigenvalue weighted by Gasteiger charge is -2.19. The van der Waals surface area contributed by atoms with Crippen molar-refractivity contribution in [2.45, 2.75) is 251 Å². The average molecular weight is 872 g/mol. The smallest absolute Gasteiger partial charge is 0.220 e. The Balaban J connectivity index is 3.55. The van der Waals surface area contributed by atoms with E-state index < -0.39 is 12.1 Å². The highest BCUT2D eigenvalue weighted by atomic mass is 16.3. The van der Waals surface area contributed by atoms with Gasteiger partial charge in [0.2, 0.25) is 5.91 Å². The molecule has 0 aromatic rings. The molecule has 0 saturated carbocycles. The molecule has 0 rings (SSSR count). The standard InChI is InChI=1S/C59H101NO3/c1-3-5-7-9-11-13-15-17-19-20-21-22-23-24-25-26-27-28-29-30-31-32-33-34-35-36-37-38-39-40-41-43-45-47-49-51-53-55-59(63)60-57(56-61)58(62)54-52-50-48-46-44-42-18-16-14-12-10-8-6-4-2/h5,7,11,13,17,19,21-22,24-25,27-28,30-31,44,46,52,54,57-58,61-62H,3-4,6,8-10,12,14-16,18,20,23,26,29,32-43,45,47-51,53,55-56H2,1-2H3,(H,60,63)/b7-5-,13-11-,19-17-,22-21-,25-24-,28-27-,31-30-,46-44+,54-52+. The van der Waals surface area contributed by atoms with Gasteiger partial charge < -0.3 is 15.5 Å². The molecule has 360 valence electrons. The van der Waals surface area contributed by atoms with Gasteiger partial charge >= 0.3 is 0 Å². The Bertz CT molecular complexity index is 1220. The normalized spacial score (nSPS) is 13.8. The number of carbonyl (C=O) groups excluding carboxylic acids is 1. The average Bonchev–Trinajstić information content (AvgIpc) is 3.29. The highest BCUT2D eigenvalue weighted by Gasteiger charge is 2.17. The van der Waals surface area contributed by atoms with Crippen LogP contribution in [0.3, 0.4) is 0 Å². The van der Waals surface area contributed by atoms with E-state index in [1.807, 2.05) is 6.08 Å². The third-order valence-corrected chi connectivity index (χ3v) is 11.5. The lowest BCUT2D eigenvalue weighted by Crippen LogP contribution is -2.45. The summed E-state index contributed by atoms with van der Waals surface area (Å²) in [5.41, 5.74) is 0. The number of amides is 1. The van der Waals surface area contributed by atoms with Crippen molar-refractivity contribution in [3.63, 3.8) is 0 Å². The molecular weight excluding hydrogens is 771 g/mol. The van der Waals surface area contributed by atoms with Gasteiger partial charge in [-0.3, -0.25) is 4.79 Å². The second kappa shape index (κ2) is 53.4. The number of hydrogen-bond acceptors (Lipinski definition) is 3. The van der Waals surface area contributed by atoms with Crippen LogP contribution in [-0.4, -0.2) is 34.9 Å². The van der Waals surface area contributed by atoms with Crippen LogP contribution in [0, 0.1) is 0 Å². The van der Waals surface area contributed by atoms with E-state index in [1.54, 1.807) is 6.08 Å². The van der Waals surface area contributed by atoms with E-state index in [0.29, 0.717) is 6.42 Å². The lowest BCUT2D eigenvalue weighted by atomic mass is 10.0. The molecule has 0 aromatic heterocycles. The fourth-order valence-electron chi connectivity index (χ4n) is 7.47. The van der Waals surface area contributed by atoms with Gasteiger partial charge in [-0.15, -0.1) is 0 Å². The molecule has 1 amide bonds. The second-order valence-corrected chi connectivity index (χ2v) is 17.6. The summed E-state index contributed by atoms with van der Waals surface area (Å²) in [6, 6.07) is -0.644. The summed E-state index contributed by atoms with van der Waals surface area (Å²) in [7, 11) is 0. The van der Waals surface area contributed by atoms with Gasteiger partial charge in [-0.05, 0) is 89.9 Å². The van der Waals surface area contributed by atoms with Crippen molar-refractivity contribution in [3.05, 3.63) is 109 Å². The Hall–Kier alpha value is -2.95. The summed E-state index contributed by atoms with van der Waals surface area (Å²) >= 11 is 0. The van der Waals surface area contributed by atoms with Crippen LogP contribution in [0.2, 0.25) is 0 Å². The maximum Gasteiger partial charge on any atom is 0.220 e. The number of nitrogens with one attached hydrogen (secondary N) is 1. The van der Waals surface area contributed by atoms with Crippen LogP contribution in [0.5, 0.6) is 0 Å². The summed E-state index contributed by atoms with van der Waals surface area (Å²) in [5.74, 6) is -0.0778. The maximum atomic E-state index is 12.4. The van der Waals surface area contributed by atoms with E-state index in [0.717, 1.165) is 77.0 Å². The quantitative estimate of drug-likeness (QED) is 0.0421. The Kier molecular flexibility index (Phi) is 50.9. The summed E-state index contributed by atoms with van der Waals surface area (Å²) in [6.07, 6.45) is 80.9. The van der Waals surface area contributed by atoms with Gasteiger partial charge in [-0.1, -0.05) is 252 Å². The topological polar surface area (TPSA) is 69.6 Å². The molecular formula is C59H101NO3. The highest BCUT2D eigenvalue weighted by molar-refractivity contribution is 5.76. The van der Waals surface area contributed by atoms with Crippen LogP contribution in [-0.2, 0) is 4.79 Å². The van der Waals surface area contributed by atoms with Crippen LogP contribution in [0.1, 0.15) is 239 Å². The Morgan fingerprint density at radius 1 is 0.397 bits per heavy atom. The number of unbranched alkanes of at least 4 members (excludes halogenated alkanes) is 24. The van der Waals surface area contributed by atoms with E-state index in [1.165, 1.54) is 141 Å². The van der Waals surface area contributed by atoms with Gasteiger partial charge in [0.15, 0.2) is 0 Å². The van der Waals surface area contributed by atoms with Crippen molar-refractivity contribution < 1.29 is 15.0 Å². The zero-order valence-corrected chi connectivity index (χ0v) is 41.3. The number of carbonyl (C=O) groups is 1. The monoisotopic (exact) mass is 872 g/mol. The summed E-state index contributed by atoms with van der Waals surface area (Å²) < 4.78 is 0. The predicted octanol–water partition coefficient (Wildman–Crippen LogP) is 17.5. The fourth-order valence-corrected chi connectivity index (χ4v) is 7.47. The van der Waals surface area contributed by atoms with Crippen LogP contribution >= 0.6 is 0 Å². The van der Waals surface area contributed by atoms with Crippen molar-refractivity contribution in [1.29, 1.82) is 0 Å². The SMILES string of the molecule is CC/C=C\C/C=C\C/C=C\C/C=C\C/C=C\C/C=C\C/C=C\CCCCCCCCCCCCCCCCCC(=O)NC(CO)C(O)/C=C/CC/C=C/CCCCCCCCCC. The molecule has 4 heteroatoms. The molecule has 0 aliphatic heterocycles. The molecule has 0 aromatic carbocycles. The fraction of sp³-hybridized carbons (Fsp3) is 0.678. The first-order valence-corrected chi connectivity index (χ1v) is 26.6.